The average Bonchev–Trinajstić information content (AvgIpc) is 3.20. The van der Waals surface area contributed by atoms with Crippen molar-refractivity contribution in [2.45, 2.75) is 32.4 Å². The number of nitrogens with zero attached hydrogens (tertiary/aromatic N) is 2. The first kappa shape index (κ1) is 23.1. The van der Waals surface area contributed by atoms with E-state index in [0.29, 0.717) is 16.3 Å². The standard InChI is InChI=1S/C25H24ClN3O3S/c1-15(17-7-5-4-6-8-17)27-21(30)13-20-14-33-25-28-16(2)22(24(31)32-3)23(29(20)25)18-9-11-19(26)12-10-18/h4-12,14-15,23H,13H2,1-3H3,(H,27,30). The molecule has 6 nitrogen and oxygen atoms in total. The lowest BCUT2D eigenvalue weighted by molar-refractivity contribution is -0.136. The van der Waals surface area contributed by atoms with Gasteiger partial charge in [0, 0.05) is 10.7 Å². The van der Waals surface area contributed by atoms with Crippen LogP contribution in [0.2, 0.25) is 5.02 Å². The van der Waals surface area contributed by atoms with Crippen molar-refractivity contribution in [2.24, 2.45) is 4.99 Å². The predicted molar refractivity (Wildman–Crippen MR) is 131 cm³/mol. The van der Waals surface area contributed by atoms with Crippen LogP contribution in [0.25, 0.3) is 0 Å². The minimum Gasteiger partial charge on any atom is -0.466 e. The molecule has 0 fully saturated rings. The van der Waals surface area contributed by atoms with Crippen LogP contribution >= 0.6 is 23.4 Å². The summed E-state index contributed by atoms with van der Waals surface area (Å²) < 4.78 is 5.08. The number of carbonyl (C=O) groups is 2. The van der Waals surface area contributed by atoms with Gasteiger partial charge in [0.25, 0.3) is 0 Å². The summed E-state index contributed by atoms with van der Waals surface area (Å²) in [6.07, 6.45) is 0.154. The van der Waals surface area contributed by atoms with Gasteiger partial charge >= 0.3 is 5.97 Å². The molecule has 0 saturated carbocycles. The maximum Gasteiger partial charge on any atom is 0.338 e. The van der Waals surface area contributed by atoms with Gasteiger partial charge in [-0.1, -0.05) is 65.8 Å². The Morgan fingerprint density at radius 2 is 1.88 bits per heavy atom. The Kier molecular flexibility index (Phi) is 6.91. The third-order valence-electron chi connectivity index (χ3n) is 5.61. The first-order valence-corrected chi connectivity index (χ1v) is 11.8. The molecule has 2 aromatic carbocycles. The zero-order valence-corrected chi connectivity index (χ0v) is 20.1. The van der Waals surface area contributed by atoms with E-state index in [1.807, 2.05) is 59.7 Å². The zero-order chi connectivity index (χ0) is 23.5. The monoisotopic (exact) mass is 481 g/mol. The van der Waals surface area contributed by atoms with Crippen molar-refractivity contribution >= 4 is 40.4 Å². The molecular formula is C25H24ClN3O3S. The van der Waals surface area contributed by atoms with Crippen molar-refractivity contribution in [3.63, 3.8) is 0 Å². The van der Waals surface area contributed by atoms with Crippen LogP contribution in [-0.4, -0.2) is 29.1 Å². The number of rotatable bonds is 6. The van der Waals surface area contributed by atoms with E-state index in [1.54, 1.807) is 19.1 Å². The van der Waals surface area contributed by atoms with Gasteiger partial charge in [-0.3, -0.25) is 4.79 Å². The number of hydrogen-bond acceptors (Lipinski definition) is 6. The molecule has 2 aliphatic heterocycles. The molecule has 0 spiro atoms. The van der Waals surface area contributed by atoms with Gasteiger partial charge in [0.15, 0.2) is 5.17 Å². The summed E-state index contributed by atoms with van der Waals surface area (Å²) >= 11 is 7.54. The number of carbonyl (C=O) groups excluding carboxylic acids is 2. The first-order valence-electron chi connectivity index (χ1n) is 10.5. The summed E-state index contributed by atoms with van der Waals surface area (Å²) in [6.45, 7) is 3.75. The van der Waals surface area contributed by atoms with Crippen LogP contribution < -0.4 is 5.32 Å². The number of esters is 1. The van der Waals surface area contributed by atoms with Gasteiger partial charge in [0.2, 0.25) is 5.91 Å². The van der Waals surface area contributed by atoms with Gasteiger partial charge in [-0.05, 0) is 42.5 Å². The van der Waals surface area contributed by atoms with E-state index in [9.17, 15) is 9.59 Å². The molecule has 0 aliphatic carbocycles. The van der Waals surface area contributed by atoms with Crippen molar-refractivity contribution in [1.82, 2.24) is 10.2 Å². The SMILES string of the molecule is COC(=O)C1=C(C)N=C2SC=C(CC(=O)NC(C)c3ccccc3)N2C1c1ccc(Cl)cc1. The van der Waals surface area contributed by atoms with Crippen LogP contribution in [-0.2, 0) is 14.3 Å². The number of amidine groups is 1. The summed E-state index contributed by atoms with van der Waals surface area (Å²) in [5.41, 5.74) is 3.70. The van der Waals surface area contributed by atoms with E-state index < -0.39 is 12.0 Å². The number of hydrogen-bond donors (Lipinski definition) is 1. The van der Waals surface area contributed by atoms with Gasteiger partial charge in [-0.15, -0.1) is 0 Å². The molecule has 2 atom stereocenters. The van der Waals surface area contributed by atoms with E-state index in [2.05, 4.69) is 10.3 Å². The molecular weight excluding hydrogens is 458 g/mol. The predicted octanol–water partition coefficient (Wildman–Crippen LogP) is 5.36. The quantitative estimate of drug-likeness (QED) is 0.563. The second kappa shape index (κ2) is 9.85. The Bertz CT molecular complexity index is 1160. The summed E-state index contributed by atoms with van der Waals surface area (Å²) in [6, 6.07) is 16.5. The van der Waals surface area contributed by atoms with Crippen LogP contribution in [0.3, 0.4) is 0 Å². The van der Waals surface area contributed by atoms with E-state index in [-0.39, 0.29) is 18.4 Å². The zero-order valence-electron chi connectivity index (χ0n) is 18.5. The first-order chi connectivity index (χ1) is 15.9. The molecule has 0 bridgehead atoms. The van der Waals surface area contributed by atoms with E-state index in [4.69, 9.17) is 16.3 Å². The molecule has 1 N–H and O–H groups in total. The number of thioether (sulfide) groups is 1. The Morgan fingerprint density at radius 3 is 2.55 bits per heavy atom. The highest BCUT2D eigenvalue weighted by Gasteiger charge is 2.41. The van der Waals surface area contributed by atoms with Crippen molar-refractivity contribution in [1.29, 1.82) is 0 Å². The van der Waals surface area contributed by atoms with Gasteiger partial charge in [0.1, 0.15) is 0 Å². The summed E-state index contributed by atoms with van der Waals surface area (Å²) in [7, 11) is 1.36. The smallest absolute Gasteiger partial charge is 0.338 e. The number of ether oxygens (including phenoxy) is 1. The normalized spacial score (nSPS) is 18.3. The number of nitrogens with one attached hydrogen (secondary N) is 1. The van der Waals surface area contributed by atoms with E-state index in [0.717, 1.165) is 22.0 Å². The van der Waals surface area contributed by atoms with Gasteiger partial charge < -0.3 is 15.0 Å². The van der Waals surface area contributed by atoms with Gasteiger partial charge in [-0.25, -0.2) is 9.79 Å². The number of fused-ring (bicyclic) bond motifs is 1. The van der Waals surface area contributed by atoms with Crippen LogP contribution in [0.4, 0.5) is 0 Å². The number of halogens is 1. The third-order valence-corrected chi connectivity index (χ3v) is 6.75. The van der Waals surface area contributed by atoms with Crippen molar-refractivity contribution < 1.29 is 14.3 Å². The maximum absolute atomic E-state index is 12.9. The topological polar surface area (TPSA) is 71.0 Å². The van der Waals surface area contributed by atoms with Crippen molar-refractivity contribution in [3.05, 3.63) is 93.1 Å². The van der Waals surface area contributed by atoms with Gasteiger partial charge in [-0.2, -0.15) is 0 Å². The molecule has 2 aromatic rings. The molecule has 2 unspecified atom stereocenters. The average molecular weight is 482 g/mol. The molecule has 0 radical (unpaired) electrons. The largest absolute Gasteiger partial charge is 0.466 e. The minimum absolute atomic E-state index is 0.111. The lowest BCUT2D eigenvalue weighted by Gasteiger charge is -2.36. The van der Waals surface area contributed by atoms with E-state index in [1.165, 1.54) is 18.9 Å². The molecule has 1 amide bonds. The van der Waals surface area contributed by atoms with Gasteiger partial charge in [0.05, 0.1) is 36.9 Å². The fourth-order valence-corrected chi connectivity index (χ4v) is 5.07. The Morgan fingerprint density at radius 1 is 1.18 bits per heavy atom. The highest BCUT2D eigenvalue weighted by molar-refractivity contribution is 8.16. The Balaban J connectivity index is 1.61. The number of amides is 1. The number of allylic oxidation sites excluding steroid dienone is 1. The van der Waals surface area contributed by atoms with Crippen LogP contribution in [0.15, 0.2) is 82.0 Å². The summed E-state index contributed by atoms with van der Waals surface area (Å²) in [5.74, 6) is -0.561. The Hall–Kier alpha value is -3.03. The molecule has 0 saturated heterocycles. The second-order valence-corrected chi connectivity index (χ2v) is 9.09. The molecule has 4 rings (SSSR count). The third kappa shape index (κ3) is 4.84. The second-order valence-electron chi connectivity index (χ2n) is 7.81. The van der Waals surface area contributed by atoms with E-state index >= 15 is 0 Å². The van der Waals surface area contributed by atoms with Crippen LogP contribution in [0, 0.1) is 0 Å². The molecule has 2 heterocycles. The molecule has 8 heteroatoms. The summed E-state index contributed by atoms with van der Waals surface area (Å²) in [5, 5.41) is 6.30. The fourth-order valence-electron chi connectivity index (χ4n) is 3.98. The summed E-state index contributed by atoms with van der Waals surface area (Å²) in [4.78, 5) is 32.2. The molecule has 2 aliphatic rings. The van der Waals surface area contributed by atoms with Crippen LogP contribution in [0.5, 0.6) is 0 Å². The molecule has 33 heavy (non-hydrogen) atoms. The number of methoxy groups -OCH3 is 1. The lowest BCUT2D eigenvalue weighted by atomic mass is 9.94. The highest BCUT2D eigenvalue weighted by atomic mass is 35.5. The van der Waals surface area contributed by atoms with Crippen LogP contribution in [0.1, 0.15) is 43.5 Å². The molecule has 0 aromatic heterocycles. The van der Waals surface area contributed by atoms with Crippen molar-refractivity contribution in [3.8, 4) is 0 Å². The highest BCUT2D eigenvalue weighted by Crippen LogP contribution is 2.44. The fraction of sp³-hybridized carbons (Fsp3) is 0.240. The minimum atomic E-state index is -0.470. The molecule has 170 valence electrons. The lowest BCUT2D eigenvalue weighted by Crippen LogP contribution is -2.38. The number of benzene rings is 2. The maximum atomic E-state index is 12.9. The number of aliphatic imine (C=N–C) groups is 1. The Labute approximate surface area is 202 Å². The van der Waals surface area contributed by atoms with Crippen molar-refractivity contribution in [2.75, 3.05) is 7.11 Å².